The Balaban J connectivity index is 2.15. The van der Waals surface area contributed by atoms with Gasteiger partial charge >= 0.3 is 0 Å². The van der Waals surface area contributed by atoms with Gasteiger partial charge in [-0.2, -0.15) is 0 Å². The molecule has 0 aliphatic heterocycles. The molecule has 0 saturated heterocycles. The Hall–Kier alpha value is -1.64. The van der Waals surface area contributed by atoms with Gasteiger partial charge in [-0.05, 0) is 35.9 Å². The van der Waals surface area contributed by atoms with E-state index in [2.05, 4.69) is 98.6 Å². The van der Waals surface area contributed by atoms with Crippen molar-refractivity contribution in [3.8, 4) is 0 Å². The van der Waals surface area contributed by atoms with Gasteiger partial charge in [0.1, 0.15) is 0 Å². The number of benzene rings is 2. The highest BCUT2D eigenvalue weighted by atomic mass is 15.2. The Morgan fingerprint density at radius 3 is 1.62 bits per heavy atom. The Morgan fingerprint density at radius 2 is 1.19 bits per heavy atom. The molecule has 0 saturated carbocycles. The first-order valence-electron chi connectivity index (χ1n) is 10.1. The molecule has 2 heteroatoms. The van der Waals surface area contributed by atoms with Gasteiger partial charge in [0.15, 0.2) is 0 Å². The fourth-order valence-electron chi connectivity index (χ4n) is 3.39. The SMILES string of the molecule is CC(C)CNC[C@@H](CC(C)C)N(Cc1ccccc1)Cc1ccccc1. The summed E-state index contributed by atoms with van der Waals surface area (Å²) in [6.45, 7) is 13.3. The first-order chi connectivity index (χ1) is 12.5. The monoisotopic (exact) mass is 352 g/mol. The highest BCUT2D eigenvalue weighted by Gasteiger charge is 2.20. The van der Waals surface area contributed by atoms with Crippen LogP contribution in [-0.2, 0) is 13.1 Å². The number of hydrogen-bond donors (Lipinski definition) is 1. The van der Waals surface area contributed by atoms with Crippen LogP contribution in [0.3, 0.4) is 0 Å². The van der Waals surface area contributed by atoms with Crippen LogP contribution >= 0.6 is 0 Å². The van der Waals surface area contributed by atoms with Crippen molar-refractivity contribution >= 4 is 0 Å². The third-order valence-corrected chi connectivity index (χ3v) is 4.65. The molecule has 0 fully saturated rings. The molecule has 0 aromatic heterocycles. The van der Waals surface area contributed by atoms with Crippen molar-refractivity contribution in [3.05, 3.63) is 71.8 Å². The van der Waals surface area contributed by atoms with Crippen LogP contribution in [0.25, 0.3) is 0 Å². The molecule has 2 aromatic carbocycles. The zero-order valence-electron chi connectivity index (χ0n) is 17.0. The molecule has 0 amide bonds. The van der Waals surface area contributed by atoms with E-state index in [9.17, 15) is 0 Å². The van der Waals surface area contributed by atoms with Gasteiger partial charge in [-0.1, -0.05) is 88.4 Å². The van der Waals surface area contributed by atoms with Gasteiger partial charge in [-0.15, -0.1) is 0 Å². The molecule has 142 valence electrons. The Kier molecular flexibility index (Phi) is 8.87. The molecule has 0 spiro atoms. The Morgan fingerprint density at radius 1 is 0.692 bits per heavy atom. The van der Waals surface area contributed by atoms with Crippen LogP contribution in [0.4, 0.5) is 0 Å². The van der Waals surface area contributed by atoms with Crippen LogP contribution in [0.15, 0.2) is 60.7 Å². The van der Waals surface area contributed by atoms with Crippen molar-refractivity contribution in [1.82, 2.24) is 10.2 Å². The molecule has 1 atom stereocenters. The molecule has 0 aliphatic carbocycles. The van der Waals surface area contributed by atoms with Gasteiger partial charge in [0.25, 0.3) is 0 Å². The van der Waals surface area contributed by atoms with Crippen molar-refractivity contribution in [1.29, 1.82) is 0 Å². The standard InChI is InChI=1S/C24H36N2/c1-20(2)15-24(17-25-16-21(3)4)26(18-22-11-7-5-8-12-22)19-23-13-9-6-10-14-23/h5-14,20-21,24-25H,15-19H2,1-4H3/t24-/m1/s1. The quantitative estimate of drug-likeness (QED) is 0.586. The van der Waals surface area contributed by atoms with E-state index >= 15 is 0 Å². The van der Waals surface area contributed by atoms with Crippen LogP contribution in [0, 0.1) is 11.8 Å². The van der Waals surface area contributed by atoms with Crippen molar-refractivity contribution in [2.75, 3.05) is 13.1 Å². The first kappa shape index (κ1) is 20.7. The van der Waals surface area contributed by atoms with Gasteiger partial charge in [0, 0.05) is 25.7 Å². The molecule has 2 nitrogen and oxygen atoms in total. The van der Waals surface area contributed by atoms with E-state index in [0.717, 1.165) is 26.2 Å². The lowest BCUT2D eigenvalue weighted by atomic mass is 10.0. The largest absolute Gasteiger partial charge is 0.315 e. The summed E-state index contributed by atoms with van der Waals surface area (Å²) >= 11 is 0. The van der Waals surface area contributed by atoms with Crippen molar-refractivity contribution in [3.63, 3.8) is 0 Å². The zero-order valence-corrected chi connectivity index (χ0v) is 17.0. The average molecular weight is 353 g/mol. The van der Waals surface area contributed by atoms with Crippen LogP contribution in [0.5, 0.6) is 0 Å². The maximum absolute atomic E-state index is 3.70. The lowest BCUT2D eigenvalue weighted by molar-refractivity contribution is 0.152. The minimum Gasteiger partial charge on any atom is -0.315 e. The zero-order chi connectivity index (χ0) is 18.8. The van der Waals surface area contributed by atoms with Crippen LogP contribution < -0.4 is 5.32 Å². The normalized spacial score (nSPS) is 12.9. The molecule has 1 N–H and O–H groups in total. The van der Waals surface area contributed by atoms with E-state index < -0.39 is 0 Å². The smallest absolute Gasteiger partial charge is 0.0240 e. The molecule has 2 rings (SSSR count). The van der Waals surface area contributed by atoms with E-state index in [1.807, 2.05) is 0 Å². The van der Waals surface area contributed by atoms with Gasteiger partial charge in [0.05, 0.1) is 0 Å². The van der Waals surface area contributed by atoms with Gasteiger partial charge in [-0.25, -0.2) is 0 Å². The van der Waals surface area contributed by atoms with E-state index in [0.29, 0.717) is 17.9 Å². The van der Waals surface area contributed by atoms with Crippen molar-refractivity contribution in [2.24, 2.45) is 11.8 Å². The summed E-state index contributed by atoms with van der Waals surface area (Å²) in [6, 6.07) is 22.3. The maximum atomic E-state index is 3.70. The summed E-state index contributed by atoms with van der Waals surface area (Å²) in [5, 5.41) is 3.70. The third kappa shape index (κ3) is 7.72. The summed E-state index contributed by atoms with van der Waals surface area (Å²) in [4.78, 5) is 2.65. The summed E-state index contributed by atoms with van der Waals surface area (Å²) < 4.78 is 0. The molecule has 0 unspecified atom stereocenters. The summed E-state index contributed by atoms with van der Waals surface area (Å²) in [5.74, 6) is 1.38. The van der Waals surface area contributed by atoms with Crippen LogP contribution in [0.1, 0.15) is 45.2 Å². The second-order valence-electron chi connectivity index (χ2n) is 8.21. The molecule has 0 aliphatic rings. The van der Waals surface area contributed by atoms with Gasteiger partial charge in [0.2, 0.25) is 0 Å². The third-order valence-electron chi connectivity index (χ3n) is 4.65. The number of rotatable bonds is 11. The first-order valence-corrected chi connectivity index (χ1v) is 10.1. The Labute approximate surface area is 160 Å². The molecular formula is C24H36N2. The second-order valence-corrected chi connectivity index (χ2v) is 8.21. The summed E-state index contributed by atoms with van der Waals surface area (Å²) in [5.41, 5.74) is 2.78. The van der Waals surface area contributed by atoms with Crippen LogP contribution in [0.2, 0.25) is 0 Å². The summed E-state index contributed by atoms with van der Waals surface area (Å²) in [7, 11) is 0. The van der Waals surface area contributed by atoms with Crippen molar-refractivity contribution in [2.45, 2.75) is 53.2 Å². The van der Waals surface area contributed by atoms with E-state index in [-0.39, 0.29) is 0 Å². The number of nitrogens with zero attached hydrogens (tertiary/aromatic N) is 1. The van der Waals surface area contributed by atoms with Crippen molar-refractivity contribution < 1.29 is 0 Å². The molecule has 0 bridgehead atoms. The Bertz CT molecular complexity index is 551. The average Bonchev–Trinajstić information content (AvgIpc) is 2.61. The maximum Gasteiger partial charge on any atom is 0.0240 e. The molecule has 2 aromatic rings. The van der Waals surface area contributed by atoms with E-state index in [1.165, 1.54) is 17.5 Å². The van der Waals surface area contributed by atoms with Gasteiger partial charge < -0.3 is 5.32 Å². The molecule has 26 heavy (non-hydrogen) atoms. The van der Waals surface area contributed by atoms with E-state index in [1.54, 1.807) is 0 Å². The molecule has 0 radical (unpaired) electrons. The molecular weight excluding hydrogens is 316 g/mol. The van der Waals surface area contributed by atoms with Gasteiger partial charge in [-0.3, -0.25) is 4.90 Å². The predicted molar refractivity (Wildman–Crippen MR) is 113 cm³/mol. The predicted octanol–water partition coefficient (Wildman–Crippen LogP) is 5.35. The highest BCUT2D eigenvalue weighted by molar-refractivity contribution is 5.17. The van der Waals surface area contributed by atoms with Crippen LogP contribution in [-0.4, -0.2) is 24.0 Å². The van der Waals surface area contributed by atoms with E-state index in [4.69, 9.17) is 0 Å². The molecule has 0 heterocycles. The minimum atomic E-state index is 0.536. The fourth-order valence-corrected chi connectivity index (χ4v) is 3.39. The topological polar surface area (TPSA) is 15.3 Å². The second kappa shape index (κ2) is 11.2. The lowest BCUT2D eigenvalue weighted by Crippen LogP contribution is -2.43. The summed E-state index contributed by atoms with van der Waals surface area (Å²) in [6.07, 6.45) is 1.21. The number of nitrogens with one attached hydrogen (secondary N) is 1. The fraction of sp³-hybridized carbons (Fsp3) is 0.500. The minimum absolute atomic E-state index is 0.536. The highest BCUT2D eigenvalue weighted by Crippen LogP contribution is 2.18. The number of hydrogen-bond acceptors (Lipinski definition) is 2. The lowest BCUT2D eigenvalue weighted by Gasteiger charge is -2.34.